The zero-order valence-corrected chi connectivity index (χ0v) is 18.9. The first-order valence-electron chi connectivity index (χ1n) is 10.7. The van der Waals surface area contributed by atoms with Crippen LogP contribution in [0.2, 0.25) is 0 Å². The molecule has 0 aliphatic heterocycles. The molecule has 2 saturated carbocycles. The summed E-state index contributed by atoms with van der Waals surface area (Å²) in [6.07, 6.45) is 3.82. The molecule has 1 N–H and O–H groups in total. The van der Waals surface area contributed by atoms with Crippen molar-refractivity contribution in [3.8, 4) is 22.8 Å². The Hall–Kier alpha value is -2.94. The lowest BCUT2D eigenvalue weighted by Crippen LogP contribution is -2.40. The molecule has 32 heavy (non-hydrogen) atoms. The average Bonchev–Trinajstić information content (AvgIpc) is 3.25. The molecule has 2 aromatic rings. The van der Waals surface area contributed by atoms with Gasteiger partial charge in [-0.15, -0.1) is 11.3 Å². The van der Waals surface area contributed by atoms with Gasteiger partial charge in [-0.2, -0.15) is 0 Å². The molecule has 2 bridgehead atoms. The topological polar surface area (TPSA) is 104 Å². The number of rotatable bonds is 7. The SMILES string of the molecule is COc1ccc(OC)c(-c2csc(NC(=O)COC(=O)C3C[C@@H]4CCC[C@@H](C3)C4=O)n2)c1. The van der Waals surface area contributed by atoms with Crippen molar-refractivity contribution in [2.45, 2.75) is 32.1 Å². The highest BCUT2D eigenvalue weighted by atomic mass is 32.1. The summed E-state index contributed by atoms with van der Waals surface area (Å²) >= 11 is 1.26. The summed E-state index contributed by atoms with van der Waals surface area (Å²) in [5, 5.41) is 4.86. The number of aromatic nitrogens is 1. The quantitative estimate of drug-likeness (QED) is 0.631. The fraction of sp³-hybridized carbons (Fsp3) is 0.478. The molecule has 1 aromatic carbocycles. The molecule has 0 unspecified atom stereocenters. The van der Waals surface area contributed by atoms with E-state index in [0.29, 0.717) is 40.9 Å². The summed E-state index contributed by atoms with van der Waals surface area (Å²) in [5.41, 5.74) is 1.38. The molecule has 1 heterocycles. The van der Waals surface area contributed by atoms with E-state index >= 15 is 0 Å². The first kappa shape index (κ1) is 22.3. The summed E-state index contributed by atoms with van der Waals surface area (Å²) in [6, 6.07) is 5.39. The van der Waals surface area contributed by atoms with Gasteiger partial charge in [0.1, 0.15) is 17.3 Å². The average molecular weight is 459 g/mol. The number of benzene rings is 1. The molecule has 2 atom stereocenters. The normalized spacial score (nSPS) is 22.2. The maximum atomic E-state index is 12.5. The van der Waals surface area contributed by atoms with E-state index in [4.69, 9.17) is 14.2 Å². The Bertz CT molecular complexity index is 1000. The third-order valence-electron chi connectivity index (χ3n) is 6.16. The summed E-state index contributed by atoms with van der Waals surface area (Å²) < 4.78 is 15.9. The van der Waals surface area contributed by atoms with Crippen molar-refractivity contribution in [3.05, 3.63) is 23.6 Å². The Kier molecular flexibility index (Phi) is 6.74. The Morgan fingerprint density at radius 3 is 2.59 bits per heavy atom. The number of fused-ring (bicyclic) bond motifs is 2. The number of carbonyl (C=O) groups is 3. The van der Waals surface area contributed by atoms with E-state index in [1.165, 1.54) is 11.3 Å². The molecule has 170 valence electrons. The molecule has 2 aliphatic carbocycles. The minimum atomic E-state index is -0.455. The maximum Gasteiger partial charge on any atom is 0.309 e. The van der Waals surface area contributed by atoms with Crippen LogP contribution in [-0.2, 0) is 19.1 Å². The van der Waals surface area contributed by atoms with Gasteiger partial charge < -0.3 is 14.2 Å². The first-order chi connectivity index (χ1) is 15.5. The van der Waals surface area contributed by atoms with Crippen LogP contribution in [0, 0.1) is 17.8 Å². The summed E-state index contributed by atoms with van der Waals surface area (Å²) in [6.45, 7) is -0.379. The van der Waals surface area contributed by atoms with Crippen molar-refractivity contribution >= 4 is 34.1 Å². The number of esters is 1. The summed E-state index contributed by atoms with van der Waals surface area (Å²) in [7, 11) is 3.15. The Balaban J connectivity index is 1.32. The van der Waals surface area contributed by atoms with Gasteiger partial charge in [0.25, 0.3) is 5.91 Å². The fourth-order valence-corrected chi connectivity index (χ4v) is 5.28. The molecular formula is C23H26N2O6S. The zero-order valence-electron chi connectivity index (χ0n) is 18.1. The second-order valence-corrected chi connectivity index (χ2v) is 9.01. The lowest BCUT2D eigenvalue weighted by molar-refractivity contribution is -0.155. The number of carbonyl (C=O) groups excluding carboxylic acids is 3. The predicted molar refractivity (Wildman–Crippen MR) is 119 cm³/mol. The van der Waals surface area contributed by atoms with Gasteiger partial charge in [-0.1, -0.05) is 6.42 Å². The molecule has 2 fully saturated rings. The number of anilines is 1. The number of ketones is 1. The molecular weight excluding hydrogens is 432 g/mol. The molecule has 0 spiro atoms. The molecule has 4 rings (SSSR count). The van der Waals surface area contributed by atoms with E-state index in [2.05, 4.69) is 10.3 Å². The predicted octanol–water partition coefficient (Wildman–Crippen LogP) is 3.70. The van der Waals surface area contributed by atoms with Gasteiger partial charge >= 0.3 is 5.97 Å². The van der Waals surface area contributed by atoms with Gasteiger partial charge in [0.2, 0.25) is 0 Å². The van der Waals surface area contributed by atoms with Gasteiger partial charge in [0, 0.05) is 22.8 Å². The van der Waals surface area contributed by atoms with Crippen molar-refractivity contribution in [1.82, 2.24) is 4.98 Å². The van der Waals surface area contributed by atoms with Crippen LogP contribution >= 0.6 is 11.3 Å². The van der Waals surface area contributed by atoms with Crippen LogP contribution < -0.4 is 14.8 Å². The number of hydrogen-bond acceptors (Lipinski definition) is 8. The lowest BCUT2D eigenvalue weighted by atomic mass is 9.67. The van der Waals surface area contributed by atoms with Crippen LogP contribution in [0.15, 0.2) is 23.6 Å². The second-order valence-electron chi connectivity index (χ2n) is 8.16. The van der Waals surface area contributed by atoms with E-state index in [-0.39, 0.29) is 24.4 Å². The lowest BCUT2D eigenvalue weighted by Gasteiger charge is -2.36. The zero-order chi connectivity index (χ0) is 22.7. The van der Waals surface area contributed by atoms with Crippen molar-refractivity contribution in [2.24, 2.45) is 17.8 Å². The van der Waals surface area contributed by atoms with E-state index in [1.807, 2.05) is 6.07 Å². The van der Waals surface area contributed by atoms with E-state index < -0.39 is 11.9 Å². The van der Waals surface area contributed by atoms with E-state index in [1.54, 1.807) is 31.7 Å². The number of nitrogens with one attached hydrogen (secondary N) is 1. The van der Waals surface area contributed by atoms with Crippen molar-refractivity contribution in [1.29, 1.82) is 0 Å². The highest BCUT2D eigenvalue weighted by Gasteiger charge is 2.41. The van der Waals surface area contributed by atoms with E-state index in [9.17, 15) is 14.4 Å². The van der Waals surface area contributed by atoms with Gasteiger partial charge in [-0.3, -0.25) is 19.7 Å². The molecule has 0 saturated heterocycles. The number of amides is 1. The molecule has 1 aromatic heterocycles. The monoisotopic (exact) mass is 458 g/mol. The maximum absolute atomic E-state index is 12.5. The third kappa shape index (κ3) is 4.77. The highest BCUT2D eigenvalue weighted by Crippen LogP contribution is 2.40. The Morgan fingerprint density at radius 2 is 1.91 bits per heavy atom. The number of thiazole rings is 1. The van der Waals surface area contributed by atoms with Crippen LogP contribution in [-0.4, -0.2) is 43.5 Å². The van der Waals surface area contributed by atoms with Crippen LogP contribution in [0.1, 0.15) is 32.1 Å². The fourth-order valence-electron chi connectivity index (χ4n) is 4.55. The van der Waals surface area contributed by atoms with Crippen LogP contribution in [0.5, 0.6) is 11.5 Å². The molecule has 9 heteroatoms. The second kappa shape index (κ2) is 9.68. The summed E-state index contributed by atoms with van der Waals surface area (Å²) in [4.78, 5) is 41.4. The molecule has 2 aliphatic rings. The molecule has 0 radical (unpaired) electrons. The number of hydrogen-bond donors (Lipinski definition) is 1. The van der Waals surface area contributed by atoms with Gasteiger partial charge in [0.15, 0.2) is 11.7 Å². The smallest absolute Gasteiger partial charge is 0.309 e. The van der Waals surface area contributed by atoms with Crippen LogP contribution in [0.3, 0.4) is 0 Å². The van der Waals surface area contributed by atoms with Crippen molar-refractivity contribution < 1.29 is 28.6 Å². The Labute approximate surface area is 190 Å². The third-order valence-corrected chi connectivity index (χ3v) is 6.92. The minimum absolute atomic E-state index is 0.0313. The highest BCUT2D eigenvalue weighted by molar-refractivity contribution is 7.14. The van der Waals surface area contributed by atoms with Crippen LogP contribution in [0.4, 0.5) is 5.13 Å². The van der Waals surface area contributed by atoms with Crippen molar-refractivity contribution in [3.63, 3.8) is 0 Å². The van der Waals surface area contributed by atoms with Crippen molar-refractivity contribution in [2.75, 3.05) is 26.1 Å². The number of Topliss-reactive ketones (excluding diaryl/α,β-unsaturated/α-hetero) is 1. The van der Waals surface area contributed by atoms with Gasteiger partial charge in [-0.25, -0.2) is 4.98 Å². The standard InChI is InChI=1S/C23H26N2O6S/c1-29-16-6-7-19(30-2)17(10-16)18-12-32-23(24-18)25-20(26)11-31-22(28)15-8-13-4-3-5-14(9-15)21(13)27/h6-7,10,12-15H,3-5,8-9,11H2,1-2H3,(H,24,25,26)/t13-,14-/m0/s1. The number of ether oxygens (including phenoxy) is 3. The van der Waals surface area contributed by atoms with Gasteiger partial charge in [0.05, 0.1) is 25.8 Å². The largest absolute Gasteiger partial charge is 0.497 e. The number of methoxy groups -OCH3 is 2. The first-order valence-corrected chi connectivity index (χ1v) is 11.5. The number of nitrogens with zero attached hydrogens (tertiary/aromatic N) is 1. The minimum Gasteiger partial charge on any atom is -0.497 e. The molecule has 1 amide bonds. The Morgan fingerprint density at radius 1 is 1.16 bits per heavy atom. The molecule has 8 nitrogen and oxygen atoms in total. The van der Waals surface area contributed by atoms with E-state index in [0.717, 1.165) is 24.8 Å². The van der Waals surface area contributed by atoms with Gasteiger partial charge in [-0.05, 0) is 43.9 Å². The van der Waals surface area contributed by atoms with Crippen LogP contribution in [0.25, 0.3) is 11.3 Å². The summed E-state index contributed by atoms with van der Waals surface area (Å²) in [5.74, 6) is 0.383.